The fourth-order valence-electron chi connectivity index (χ4n) is 6.57. The molecule has 0 aromatic heterocycles. The van der Waals surface area contributed by atoms with Gasteiger partial charge < -0.3 is 0 Å². The minimum absolute atomic E-state index is 0.297. The van der Waals surface area contributed by atoms with Crippen LogP contribution in [0.2, 0.25) is 18.1 Å². The summed E-state index contributed by atoms with van der Waals surface area (Å²) in [6, 6.07) is 23.7. The number of benzene rings is 2. The van der Waals surface area contributed by atoms with Gasteiger partial charge in [-0.3, -0.25) is 0 Å². The highest BCUT2D eigenvalue weighted by Gasteiger charge is 2.25. The number of rotatable bonds is 9. The molecule has 0 spiro atoms. The molecule has 2 aromatic rings. The first-order chi connectivity index (χ1) is 15.7. The lowest BCUT2D eigenvalue weighted by molar-refractivity contribution is 0.280. The van der Waals surface area contributed by atoms with Crippen molar-refractivity contribution in [3.8, 4) is 11.1 Å². The molecule has 0 atom stereocenters. The molecule has 32 heavy (non-hydrogen) atoms. The smallest absolute Gasteiger partial charge is 0.0367 e. The van der Waals surface area contributed by atoms with Crippen LogP contribution >= 0.6 is 0 Å². The zero-order valence-electron chi connectivity index (χ0n) is 20.8. The van der Waals surface area contributed by atoms with Crippen LogP contribution in [0.25, 0.3) is 11.1 Å². The third-order valence-corrected chi connectivity index (χ3v) is 12.4. The first kappa shape index (κ1) is 23.8. The van der Waals surface area contributed by atoms with Crippen LogP contribution in [0.15, 0.2) is 48.5 Å². The minimum atomic E-state index is -0.297. The Bertz CT molecular complexity index is 774. The first-order valence-electron chi connectivity index (χ1n) is 13.9. The zero-order valence-corrected chi connectivity index (χ0v) is 22.0. The fraction of sp³-hybridized carbons (Fsp3) is 0.613. The van der Waals surface area contributed by atoms with Crippen LogP contribution in [0.3, 0.4) is 0 Å². The molecule has 0 amide bonds. The Balaban J connectivity index is 1.20. The van der Waals surface area contributed by atoms with Crippen LogP contribution in [-0.4, -0.2) is 8.80 Å². The van der Waals surface area contributed by atoms with Crippen LogP contribution in [-0.2, 0) is 6.42 Å². The van der Waals surface area contributed by atoms with Crippen molar-refractivity contribution in [1.29, 1.82) is 0 Å². The molecule has 174 valence electrons. The lowest BCUT2D eigenvalue weighted by Gasteiger charge is -2.32. The van der Waals surface area contributed by atoms with Crippen molar-refractivity contribution in [3.05, 3.63) is 59.7 Å². The van der Waals surface area contributed by atoms with Crippen LogP contribution in [0.5, 0.6) is 0 Å². The molecule has 1 heterocycles. The molecular formula is C31H46Si. The predicted octanol–water partition coefficient (Wildman–Crippen LogP) is 9.41. The topological polar surface area (TPSA) is 0 Å². The third kappa shape index (κ3) is 6.59. The molecule has 1 aliphatic carbocycles. The van der Waals surface area contributed by atoms with Gasteiger partial charge in [0.1, 0.15) is 0 Å². The number of hydrogen-bond acceptors (Lipinski definition) is 0. The van der Waals surface area contributed by atoms with Crippen molar-refractivity contribution in [2.45, 2.75) is 109 Å². The normalized spacial score (nSPS) is 26.2. The van der Waals surface area contributed by atoms with Gasteiger partial charge in [0.2, 0.25) is 0 Å². The molecule has 1 aliphatic heterocycles. The third-order valence-electron chi connectivity index (χ3n) is 8.70. The molecule has 1 saturated carbocycles. The van der Waals surface area contributed by atoms with Gasteiger partial charge in [-0.25, -0.2) is 0 Å². The zero-order chi connectivity index (χ0) is 22.2. The van der Waals surface area contributed by atoms with Crippen LogP contribution in [0, 0.1) is 11.8 Å². The van der Waals surface area contributed by atoms with E-state index in [1.165, 1.54) is 74.5 Å². The molecule has 2 aliphatic rings. The molecule has 0 unspecified atom stereocenters. The maximum absolute atomic E-state index is 2.42. The van der Waals surface area contributed by atoms with E-state index in [0.717, 1.165) is 17.8 Å². The van der Waals surface area contributed by atoms with Gasteiger partial charge >= 0.3 is 0 Å². The molecule has 2 aromatic carbocycles. The molecule has 4 rings (SSSR count). The highest BCUT2D eigenvalue weighted by atomic mass is 28.3. The van der Waals surface area contributed by atoms with Crippen molar-refractivity contribution in [3.63, 3.8) is 0 Å². The highest BCUT2D eigenvalue weighted by Crippen LogP contribution is 2.40. The Labute approximate surface area is 199 Å². The molecule has 0 N–H and O–H groups in total. The van der Waals surface area contributed by atoms with Crippen molar-refractivity contribution in [2.75, 3.05) is 0 Å². The Hall–Kier alpha value is -1.34. The van der Waals surface area contributed by atoms with E-state index in [4.69, 9.17) is 0 Å². The number of hydrogen-bond donors (Lipinski definition) is 0. The maximum Gasteiger partial charge on any atom is 0.0367 e. The first-order valence-corrected chi connectivity index (χ1v) is 16.4. The maximum atomic E-state index is 2.42. The summed E-state index contributed by atoms with van der Waals surface area (Å²) in [5.74, 6) is 2.89. The van der Waals surface area contributed by atoms with Crippen LogP contribution < -0.4 is 0 Å². The molecule has 1 heteroatoms. The van der Waals surface area contributed by atoms with Crippen LogP contribution in [0.4, 0.5) is 0 Å². The minimum Gasteiger partial charge on any atom is -0.0657 e. The summed E-state index contributed by atoms with van der Waals surface area (Å²) in [5.41, 5.74) is 5.75. The average Bonchev–Trinajstić information content (AvgIpc) is 2.85. The van der Waals surface area contributed by atoms with E-state index in [-0.39, 0.29) is 8.80 Å². The summed E-state index contributed by atoms with van der Waals surface area (Å²) in [6.07, 6.45) is 15.8. The summed E-state index contributed by atoms with van der Waals surface area (Å²) in [7, 11) is -0.297. The van der Waals surface area contributed by atoms with Gasteiger partial charge in [0.25, 0.3) is 0 Å². The molecule has 2 fully saturated rings. The number of aryl methyl sites for hydroxylation is 1. The summed E-state index contributed by atoms with van der Waals surface area (Å²) >= 11 is 0. The second kappa shape index (κ2) is 12.2. The van der Waals surface area contributed by atoms with E-state index in [1.807, 2.05) is 0 Å². The molecule has 0 nitrogen and oxygen atoms in total. The summed E-state index contributed by atoms with van der Waals surface area (Å²) in [4.78, 5) is 0. The Morgan fingerprint density at radius 1 is 0.656 bits per heavy atom. The van der Waals surface area contributed by atoms with Gasteiger partial charge in [0.05, 0.1) is 0 Å². The largest absolute Gasteiger partial charge is 0.0657 e. The van der Waals surface area contributed by atoms with E-state index >= 15 is 0 Å². The van der Waals surface area contributed by atoms with Crippen LogP contribution in [0.1, 0.15) is 95.1 Å². The quantitative estimate of drug-likeness (QED) is 0.336. The van der Waals surface area contributed by atoms with E-state index in [0.29, 0.717) is 0 Å². The lowest BCUT2D eigenvalue weighted by atomic mass is 9.76. The molecular weight excluding hydrogens is 400 g/mol. The van der Waals surface area contributed by atoms with Crippen molar-refractivity contribution < 1.29 is 0 Å². The van der Waals surface area contributed by atoms with E-state index < -0.39 is 0 Å². The monoisotopic (exact) mass is 446 g/mol. The average molecular weight is 447 g/mol. The van der Waals surface area contributed by atoms with E-state index in [1.54, 1.807) is 36.5 Å². The molecule has 0 radical (unpaired) electrons. The predicted molar refractivity (Wildman–Crippen MR) is 144 cm³/mol. The standard InChI is InChI=1S/C31H46Si/c1-3-5-25-8-12-28(13-9-25)30-16-18-31(19-17-30)29-14-10-26(11-15-29)6-7-27-20-23-32(22-4-2)24-21-27/h8-9,12-13,16-19,26-27,29,32H,3-7,10-11,14-15,20-24H2,1-2H3/t26-,27-,29-,32-. The van der Waals surface area contributed by atoms with Crippen molar-refractivity contribution in [2.24, 2.45) is 11.8 Å². The van der Waals surface area contributed by atoms with E-state index in [2.05, 4.69) is 62.4 Å². The Morgan fingerprint density at radius 2 is 1.22 bits per heavy atom. The van der Waals surface area contributed by atoms with E-state index in [9.17, 15) is 0 Å². The second-order valence-electron chi connectivity index (χ2n) is 11.0. The van der Waals surface area contributed by atoms with Gasteiger partial charge in [-0.2, -0.15) is 0 Å². The van der Waals surface area contributed by atoms with Gasteiger partial charge in [-0.15, -0.1) is 0 Å². The second-order valence-corrected chi connectivity index (χ2v) is 14.5. The summed E-state index contributed by atoms with van der Waals surface area (Å²) in [5, 5.41) is 0. The summed E-state index contributed by atoms with van der Waals surface area (Å²) in [6.45, 7) is 4.64. The fourth-order valence-corrected chi connectivity index (χ4v) is 10.1. The Morgan fingerprint density at radius 3 is 1.78 bits per heavy atom. The molecule has 1 saturated heterocycles. The molecule has 0 bridgehead atoms. The van der Waals surface area contributed by atoms with Gasteiger partial charge in [-0.05, 0) is 72.1 Å². The lowest BCUT2D eigenvalue weighted by Crippen LogP contribution is -2.22. The van der Waals surface area contributed by atoms with Crippen molar-refractivity contribution in [1.82, 2.24) is 0 Å². The van der Waals surface area contributed by atoms with Gasteiger partial charge in [0.15, 0.2) is 0 Å². The highest BCUT2D eigenvalue weighted by molar-refractivity contribution is 6.58. The SMILES string of the molecule is CCCc1ccc(-c2ccc([C@H]3CC[C@H](CC[C@H]4CC[Si@H](CCC)CC4)CC3)cc2)cc1. The Kier molecular flexibility index (Phi) is 9.08. The van der Waals surface area contributed by atoms with Gasteiger partial charge in [-0.1, -0.05) is 119 Å². The van der Waals surface area contributed by atoms with Gasteiger partial charge in [0, 0.05) is 8.80 Å². The van der Waals surface area contributed by atoms with Crippen molar-refractivity contribution >= 4 is 8.80 Å². The summed E-state index contributed by atoms with van der Waals surface area (Å²) < 4.78 is 0.